The van der Waals surface area contributed by atoms with E-state index in [1.165, 1.54) is 24.2 Å². The van der Waals surface area contributed by atoms with Crippen molar-refractivity contribution in [1.82, 2.24) is 9.55 Å². The second-order valence-electron chi connectivity index (χ2n) is 7.08. The first-order valence-electron chi connectivity index (χ1n) is 9.08. The minimum atomic E-state index is -0.105. The van der Waals surface area contributed by atoms with Crippen LogP contribution in [0.4, 0.5) is 5.13 Å². The molecule has 27 heavy (non-hydrogen) atoms. The summed E-state index contributed by atoms with van der Waals surface area (Å²) in [5.41, 5.74) is 5.77. The molecule has 0 spiro atoms. The number of benzene rings is 1. The van der Waals surface area contributed by atoms with E-state index in [1.54, 1.807) is 7.11 Å². The zero-order valence-electron chi connectivity index (χ0n) is 16.0. The van der Waals surface area contributed by atoms with E-state index >= 15 is 0 Å². The minimum Gasteiger partial charge on any atom is -0.496 e. The second kappa shape index (κ2) is 6.85. The Morgan fingerprint density at radius 3 is 2.74 bits per heavy atom. The molecule has 1 aromatic carbocycles. The van der Waals surface area contributed by atoms with Crippen LogP contribution in [0.2, 0.25) is 0 Å². The van der Waals surface area contributed by atoms with E-state index in [9.17, 15) is 4.79 Å². The van der Waals surface area contributed by atoms with Crippen LogP contribution in [0, 0.1) is 20.8 Å². The zero-order valence-corrected chi connectivity index (χ0v) is 16.8. The van der Waals surface area contributed by atoms with Gasteiger partial charge in [0.25, 0.3) is 5.91 Å². The normalized spacial score (nSPS) is 13.6. The van der Waals surface area contributed by atoms with Gasteiger partial charge in [0.05, 0.1) is 18.4 Å². The van der Waals surface area contributed by atoms with Crippen molar-refractivity contribution in [1.29, 1.82) is 0 Å². The fourth-order valence-corrected chi connectivity index (χ4v) is 4.25. The number of nitrogens with zero attached hydrogens (tertiary/aromatic N) is 2. The predicted octanol–water partition coefficient (Wildman–Crippen LogP) is 5.13. The van der Waals surface area contributed by atoms with E-state index in [-0.39, 0.29) is 5.91 Å². The van der Waals surface area contributed by atoms with E-state index in [4.69, 9.17) is 4.74 Å². The van der Waals surface area contributed by atoms with Crippen LogP contribution < -0.4 is 10.1 Å². The molecule has 140 valence electrons. The van der Waals surface area contributed by atoms with Gasteiger partial charge >= 0.3 is 0 Å². The zero-order chi connectivity index (χ0) is 19.1. The van der Waals surface area contributed by atoms with Gasteiger partial charge in [-0.05, 0) is 51.8 Å². The molecule has 3 aromatic rings. The highest BCUT2D eigenvalue weighted by molar-refractivity contribution is 7.14. The monoisotopic (exact) mass is 381 g/mol. The number of ether oxygens (including phenoxy) is 1. The van der Waals surface area contributed by atoms with E-state index in [1.807, 2.05) is 43.5 Å². The molecule has 0 atom stereocenters. The first-order chi connectivity index (χ1) is 13.0. The molecule has 0 aliphatic heterocycles. The van der Waals surface area contributed by atoms with Crippen molar-refractivity contribution in [2.45, 2.75) is 39.7 Å². The Kier molecular flexibility index (Phi) is 4.52. The summed E-state index contributed by atoms with van der Waals surface area (Å²) in [7, 11) is 1.65. The number of hydrogen-bond acceptors (Lipinski definition) is 4. The number of amides is 1. The molecule has 2 aromatic heterocycles. The van der Waals surface area contributed by atoms with Gasteiger partial charge in [0.1, 0.15) is 5.75 Å². The maximum absolute atomic E-state index is 12.8. The van der Waals surface area contributed by atoms with Crippen LogP contribution in [-0.4, -0.2) is 22.6 Å². The number of aromatic nitrogens is 2. The Morgan fingerprint density at radius 1 is 1.26 bits per heavy atom. The molecule has 0 radical (unpaired) electrons. The quantitative estimate of drug-likeness (QED) is 0.666. The van der Waals surface area contributed by atoms with Crippen molar-refractivity contribution >= 4 is 22.4 Å². The fourth-order valence-electron chi connectivity index (χ4n) is 3.54. The second-order valence-corrected chi connectivity index (χ2v) is 7.94. The van der Waals surface area contributed by atoms with Gasteiger partial charge in [0, 0.05) is 28.4 Å². The molecule has 4 rings (SSSR count). The highest BCUT2D eigenvalue weighted by Crippen LogP contribution is 2.38. The minimum absolute atomic E-state index is 0.105. The van der Waals surface area contributed by atoms with Crippen LogP contribution in [0.15, 0.2) is 29.6 Å². The standard InChI is InChI=1S/C21H23N3O2S/c1-12-5-8-19(26-4)17(9-12)18-11-27-21(22-18)23-20(25)16-10-13(2)24(14(16)3)15-6-7-15/h5,8-11,15H,6-7H2,1-4H3,(H,22,23,25). The molecule has 1 aliphatic carbocycles. The van der Waals surface area contributed by atoms with Crippen LogP contribution in [-0.2, 0) is 0 Å². The number of nitrogens with one attached hydrogen (secondary N) is 1. The number of thiazole rings is 1. The Hall–Kier alpha value is -2.60. The van der Waals surface area contributed by atoms with Crippen LogP contribution in [0.25, 0.3) is 11.3 Å². The van der Waals surface area contributed by atoms with Crippen molar-refractivity contribution in [3.8, 4) is 17.0 Å². The van der Waals surface area contributed by atoms with Gasteiger partial charge in [-0.15, -0.1) is 11.3 Å². The molecule has 1 fully saturated rings. The van der Waals surface area contributed by atoms with Crippen LogP contribution in [0.3, 0.4) is 0 Å². The summed E-state index contributed by atoms with van der Waals surface area (Å²) in [6.07, 6.45) is 2.40. The van der Waals surface area contributed by atoms with Gasteiger partial charge in [0.15, 0.2) is 5.13 Å². The summed E-state index contributed by atoms with van der Waals surface area (Å²) in [5.74, 6) is 0.670. The van der Waals surface area contributed by atoms with Gasteiger partial charge in [0.2, 0.25) is 0 Å². The first-order valence-corrected chi connectivity index (χ1v) is 9.96. The molecular weight excluding hydrogens is 358 g/mol. The molecule has 1 amide bonds. The van der Waals surface area contributed by atoms with Crippen molar-refractivity contribution in [2.75, 3.05) is 12.4 Å². The number of rotatable bonds is 5. The topological polar surface area (TPSA) is 56.1 Å². The summed E-state index contributed by atoms with van der Waals surface area (Å²) >= 11 is 1.42. The van der Waals surface area contributed by atoms with Gasteiger partial charge < -0.3 is 9.30 Å². The van der Waals surface area contributed by atoms with Gasteiger partial charge in [-0.2, -0.15) is 0 Å². The average Bonchev–Trinajstić information content (AvgIpc) is 3.28. The van der Waals surface area contributed by atoms with E-state index in [0.717, 1.165) is 39.5 Å². The van der Waals surface area contributed by atoms with E-state index in [2.05, 4.69) is 21.8 Å². The van der Waals surface area contributed by atoms with Gasteiger partial charge in [-0.1, -0.05) is 11.6 Å². The average molecular weight is 382 g/mol. The van der Waals surface area contributed by atoms with Crippen molar-refractivity contribution in [3.05, 3.63) is 52.2 Å². The lowest BCUT2D eigenvalue weighted by molar-refractivity contribution is 0.102. The SMILES string of the molecule is COc1ccc(C)cc1-c1csc(NC(=O)c2cc(C)n(C3CC3)c2C)n1. The maximum atomic E-state index is 12.8. The summed E-state index contributed by atoms with van der Waals surface area (Å²) < 4.78 is 7.73. The lowest BCUT2D eigenvalue weighted by Crippen LogP contribution is -2.13. The third-order valence-electron chi connectivity index (χ3n) is 5.00. The molecule has 5 nitrogen and oxygen atoms in total. The largest absolute Gasteiger partial charge is 0.496 e. The van der Waals surface area contributed by atoms with E-state index < -0.39 is 0 Å². The molecule has 6 heteroatoms. The molecular formula is C21H23N3O2S. The highest BCUT2D eigenvalue weighted by atomic mass is 32.1. The van der Waals surface area contributed by atoms with Crippen LogP contribution in [0.5, 0.6) is 5.75 Å². The lowest BCUT2D eigenvalue weighted by atomic mass is 10.1. The maximum Gasteiger partial charge on any atom is 0.259 e. The Balaban J connectivity index is 1.57. The third-order valence-corrected chi connectivity index (χ3v) is 5.75. The molecule has 0 saturated heterocycles. The molecule has 2 heterocycles. The molecule has 0 bridgehead atoms. The van der Waals surface area contributed by atoms with E-state index in [0.29, 0.717) is 11.2 Å². The predicted molar refractivity (Wildman–Crippen MR) is 109 cm³/mol. The number of carbonyl (C=O) groups excluding carboxylic acids is 1. The summed E-state index contributed by atoms with van der Waals surface area (Å²) in [6.45, 7) is 6.12. The molecule has 1 N–H and O–H groups in total. The number of aryl methyl sites for hydroxylation is 2. The first kappa shape index (κ1) is 17.8. The van der Waals surface area contributed by atoms with Crippen LogP contribution in [0.1, 0.15) is 46.2 Å². The molecule has 0 unspecified atom stereocenters. The van der Waals surface area contributed by atoms with Gasteiger partial charge in [-0.3, -0.25) is 10.1 Å². The Labute approximate surface area is 163 Å². The Bertz CT molecular complexity index is 1010. The number of hydrogen-bond donors (Lipinski definition) is 1. The Morgan fingerprint density at radius 2 is 2.04 bits per heavy atom. The van der Waals surface area contributed by atoms with Crippen molar-refractivity contribution < 1.29 is 9.53 Å². The summed E-state index contributed by atoms with van der Waals surface area (Å²) in [4.78, 5) is 17.4. The van der Waals surface area contributed by atoms with Crippen molar-refractivity contribution in [3.63, 3.8) is 0 Å². The number of methoxy groups -OCH3 is 1. The number of carbonyl (C=O) groups is 1. The smallest absolute Gasteiger partial charge is 0.259 e. The number of anilines is 1. The summed E-state index contributed by atoms with van der Waals surface area (Å²) in [6, 6.07) is 8.53. The van der Waals surface area contributed by atoms with Crippen molar-refractivity contribution in [2.24, 2.45) is 0 Å². The molecule has 1 aliphatic rings. The molecule has 1 saturated carbocycles. The lowest BCUT2D eigenvalue weighted by Gasteiger charge is -2.08. The fraction of sp³-hybridized carbons (Fsp3) is 0.333. The van der Waals surface area contributed by atoms with Gasteiger partial charge in [-0.25, -0.2) is 4.98 Å². The van der Waals surface area contributed by atoms with Crippen LogP contribution >= 0.6 is 11.3 Å². The summed E-state index contributed by atoms with van der Waals surface area (Å²) in [5, 5.41) is 5.49. The third kappa shape index (κ3) is 3.37. The highest BCUT2D eigenvalue weighted by Gasteiger charge is 2.28.